The van der Waals surface area contributed by atoms with Crippen molar-refractivity contribution >= 4 is 23.7 Å². The molecule has 0 spiro atoms. The number of halogens is 3. The van der Waals surface area contributed by atoms with E-state index in [0.717, 1.165) is 12.1 Å². The zero-order valence-electron chi connectivity index (χ0n) is 15.5. The Kier molecular flexibility index (Phi) is 7.02. The largest absolute Gasteiger partial charge is 0.416 e. The minimum atomic E-state index is -4.39. The maximum atomic E-state index is 12.7. The van der Waals surface area contributed by atoms with Crippen LogP contribution in [0.2, 0.25) is 0 Å². The fourth-order valence-corrected chi connectivity index (χ4v) is 4.00. The first kappa shape index (κ1) is 21.4. The highest BCUT2D eigenvalue weighted by Crippen LogP contribution is 2.39. The third-order valence-corrected chi connectivity index (χ3v) is 5.44. The van der Waals surface area contributed by atoms with Crippen LogP contribution in [0, 0.1) is 0 Å². The van der Waals surface area contributed by atoms with Crippen molar-refractivity contribution in [2.45, 2.75) is 38.4 Å². The average molecular weight is 403 g/mol. The van der Waals surface area contributed by atoms with Crippen molar-refractivity contribution in [2.24, 2.45) is 0 Å². The van der Waals surface area contributed by atoms with Crippen molar-refractivity contribution in [1.82, 2.24) is 15.1 Å². The summed E-state index contributed by atoms with van der Waals surface area (Å²) in [6.45, 7) is 6.78. The minimum Gasteiger partial charge on any atom is -0.336 e. The highest BCUT2D eigenvalue weighted by molar-refractivity contribution is 8.00. The molecule has 0 aromatic heterocycles. The zero-order valence-corrected chi connectivity index (χ0v) is 16.4. The van der Waals surface area contributed by atoms with E-state index in [2.05, 4.69) is 5.32 Å². The van der Waals surface area contributed by atoms with Crippen LogP contribution in [0.3, 0.4) is 0 Å². The van der Waals surface area contributed by atoms with Gasteiger partial charge in [0.2, 0.25) is 5.91 Å². The fourth-order valence-electron chi connectivity index (χ4n) is 2.78. The molecule has 27 heavy (non-hydrogen) atoms. The minimum absolute atomic E-state index is 0.00965. The van der Waals surface area contributed by atoms with Gasteiger partial charge in [0, 0.05) is 25.7 Å². The summed E-state index contributed by atoms with van der Waals surface area (Å²) in [7, 11) is 0. The number of carbonyl (C=O) groups excluding carboxylic acids is 2. The molecule has 0 radical (unpaired) electrons. The predicted octanol–water partition coefficient (Wildman–Crippen LogP) is 3.72. The number of alkyl halides is 3. The maximum Gasteiger partial charge on any atom is 0.416 e. The van der Waals surface area contributed by atoms with Gasteiger partial charge in [-0.2, -0.15) is 13.2 Å². The number of benzene rings is 1. The average Bonchev–Trinajstić information content (AvgIpc) is 2.95. The van der Waals surface area contributed by atoms with Crippen molar-refractivity contribution in [2.75, 3.05) is 25.4 Å². The highest BCUT2D eigenvalue weighted by atomic mass is 32.2. The molecule has 0 unspecified atom stereocenters. The van der Waals surface area contributed by atoms with Gasteiger partial charge in [-0.05, 0) is 38.5 Å². The van der Waals surface area contributed by atoms with E-state index in [4.69, 9.17) is 0 Å². The number of rotatable bonds is 6. The van der Waals surface area contributed by atoms with E-state index < -0.39 is 11.7 Å². The van der Waals surface area contributed by atoms with Crippen molar-refractivity contribution in [3.63, 3.8) is 0 Å². The summed E-state index contributed by atoms with van der Waals surface area (Å²) in [4.78, 5) is 27.6. The molecule has 3 amide bonds. The Labute approximate surface area is 161 Å². The van der Waals surface area contributed by atoms with Crippen LogP contribution in [0.15, 0.2) is 24.3 Å². The normalized spacial score (nSPS) is 17.5. The summed E-state index contributed by atoms with van der Waals surface area (Å²) >= 11 is 1.38. The first-order valence-electron chi connectivity index (χ1n) is 8.77. The van der Waals surface area contributed by atoms with E-state index >= 15 is 0 Å². The Morgan fingerprint density at radius 3 is 2.48 bits per heavy atom. The highest BCUT2D eigenvalue weighted by Gasteiger charge is 2.34. The number of urea groups is 1. The molecule has 1 aliphatic heterocycles. The number of likely N-dealkylation sites (N-methyl/N-ethyl adjacent to an activating group) is 1. The van der Waals surface area contributed by atoms with E-state index in [-0.39, 0.29) is 29.1 Å². The second-order valence-corrected chi connectivity index (χ2v) is 7.62. The quantitative estimate of drug-likeness (QED) is 0.788. The van der Waals surface area contributed by atoms with Gasteiger partial charge >= 0.3 is 12.2 Å². The summed E-state index contributed by atoms with van der Waals surface area (Å²) in [5, 5.41) is 2.47. The maximum absolute atomic E-state index is 12.7. The Hall–Kier alpha value is -1.90. The molecule has 2 rings (SSSR count). The lowest BCUT2D eigenvalue weighted by Crippen LogP contribution is -2.46. The second kappa shape index (κ2) is 8.86. The molecule has 1 fully saturated rings. The summed E-state index contributed by atoms with van der Waals surface area (Å²) in [6.07, 6.45) is -4.39. The summed E-state index contributed by atoms with van der Waals surface area (Å²) in [5.74, 6) is 0.195. The van der Waals surface area contributed by atoms with Gasteiger partial charge in [-0.3, -0.25) is 4.79 Å². The van der Waals surface area contributed by atoms with Crippen molar-refractivity contribution in [3.8, 4) is 0 Å². The fraction of sp³-hybridized carbons (Fsp3) is 0.556. The first-order valence-corrected chi connectivity index (χ1v) is 9.82. The first-order chi connectivity index (χ1) is 12.6. The number of amides is 3. The molecule has 1 aromatic rings. The molecule has 1 aliphatic rings. The van der Waals surface area contributed by atoms with Crippen LogP contribution >= 0.6 is 11.8 Å². The van der Waals surface area contributed by atoms with Crippen molar-refractivity contribution < 1.29 is 22.8 Å². The van der Waals surface area contributed by atoms with E-state index in [1.165, 1.54) is 23.9 Å². The smallest absolute Gasteiger partial charge is 0.336 e. The SMILES string of the molecule is CCN(CCN1C(=O)CS[C@H]1c1ccc(C(F)(F)F)cc1)C(=O)NC(C)C. The number of thioether (sulfide) groups is 1. The van der Waals surface area contributed by atoms with E-state index in [1.54, 1.807) is 9.80 Å². The van der Waals surface area contributed by atoms with Gasteiger partial charge in [0.15, 0.2) is 0 Å². The molecular weight excluding hydrogens is 379 g/mol. The lowest BCUT2D eigenvalue weighted by Gasteiger charge is -2.29. The lowest BCUT2D eigenvalue weighted by atomic mass is 10.1. The monoisotopic (exact) mass is 403 g/mol. The molecule has 1 atom stereocenters. The van der Waals surface area contributed by atoms with Gasteiger partial charge in [0.05, 0.1) is 11.3 Å². The number of nitrogens with zero attached hydrogens (tertiary/aromatic N) is 2. The van der Waals surface area contributed by atoms with Crippen LogP contribution in [0.5, 0.6) is 0 Å². The zero-order chi connectivity index (χ0) is 20.2. The summed E-state index contributed by atoms with van der Waals surface area (Å²) in [6, 6.07) is 4.70. The third kappa shape index (κ3) is 5.54. The Bertz CT molecular complexity index is 665. The van der Waals surface area contributed by atoms with Crippen LogP contribution in [0.4, 0.5) is 18.0 Å². The Morgan fingerprint density at radius 1 is 1.33 bits per heavy atom. The van der Waals surface area contributed by atoms with Crippen LogP contribution in [0.1, 0.15) is 37.3 Å². The molecule has 1 saturated heterocycles. The molecular formula is C18H24F3N3O2S. The van der Waals surface area contributed by atoms with Crippen LogP contribution in [-0.2, 0) is 11.0 Å². The van der Waals surface area contributed by atoms with Crippen LogP contribution in [0.25, 0.3) is 0 Å². The summed E-state index contributed by atoms with van der Waals surface area (Å²) < 4.78 is 38.2. The van der Waals surface area contributed by atoms with Crippen molar-refractivity contribution in [3.05, 3.63) is 35.4 Å². The topological polar surface area (TPSA) is 52.7 Å². The second-order valence-electron chi connectivity index (χ2n) is 6.55. The molecule has 1 N–H and O–H groups in total. The van der Waals surface area contributed by atoms with E-state index in [0.29, 0.717) is 25.2 Å². The molecule has 5 nitrogen and oxygen atoms in total. The van der Waals surface area contributed by atoms with Gasteiger partial charge in [0.25, 0.3) is 0 Å². The number of hydrogen-bond donors (Lipinski definition) is 1. The van der Waals surface area contributed by atoms with E-state index in [1.807, 2.05) is 20.8 Å². The molecule has 1 aromatic carbocycles. The third-order valence-electron chi connectivity index (χ3n) is 4.18. The molecule has 0 saturated carbocycles. The molecule has 150 valence electrons. The van der Waals surface area contributed by atoms with Crippen LogP contribution < -0.4 is 5.32 Å². The number of nitrogens with one attached hydrogen (secondary N) is 1. The van der Waals surface area contributed by atoms with Gasteiger partial charge in [-0.15, -0.1) is 11.8 Å². The van der Waals surface area contributed by atoms with Gasteiger partial charge in [0.1, 0.15) is 5.37 Å². The predicted molar refractivity (Wildman–Crippen MR) is 99.3 cm³/mol. The molecule has 0 bridgehead atoms. The molecule has 1 heterocycles. The van der Waals surface area contributed by atoms with Crippen LogP contribution in [-0.4, -0.2) is 53.2 Å². The molecule has 0 aliphatic carbocycles. The van der Waals surface area contributed by atoms with Gasteiger partial charge in [-0.1, -0.05) is 12.1 Å². The Morgan fingerprint density at radius 2 is 1.96 bits per heavy atom. The van der Waals surface area contributed by atoms with Crippen molar-refractivity contribution in [1.29, 1.82) is 0 Å². The number of hydrogen-bond acceptors (Lipinski definition) is 3. The molecule has 9 heteroatoms. The number of carbonyl (C=O) groups is 2. The lowest BCUT2D eigenvalue weighted by molar-refractivity contribution is -0.137. The Balaban J connectivity index is 2.06. The summed E-state index contributed by atoms with van der Waals surface area (Å²) in [5.41, 5.74) is -0.0665. The van der Waals surface area contributed by atoms with Gasteiger partial charge in [-0.25, -0.2) is 4.79 Å². The standard InChI is InChI=1S/C18H24F3N3O2S/c1-4-23(17(26)22-12(2)3)9-10-24-15(25)11-27-16(24)13-5-7-14(8-6-13)18(19,20)21/h5-8,12,16H,4,9-11H2,1-3H3,(H,22,26)/t16-/m0/s1. The van der Waals surface area contributed by atoms with E-state index in [9.17, 15) is 22.8 Å². The van der Waals surface area contributed by atoms with Gasteiger partial charge < -0.3 is 15.1 Å².